The van der Waals surface area contributed by atoms with Crippen molar-refractivity contribution in [1.82, 2.24) is 5.32 Å². The van der Waals surface area contributed by atoms with Gasteiger partial charge >= 0.3 is 0 Å². The Labute approximate surface area is 117 Å². The molecule has 1 aliphatic rings. The van der Waals surface area contributed by atoms with Crippen LogP contribution in [0.25, 0.3) is 11.0 Å². The molecule has 0 saturated heterocycles. The third-order valence-electron chi connectivity index (χ3n) is 3.60. The van der Waals surface area contributed by atoms with Crippen molar-refractivity contribution in [3.05, 3.63) is 34.0 Å². The quantitative estimate of drug-likeness (QED) is 0.904. The average molecular weight is 280 g/mol. The number of rotatable bonds is 5. The van der Waals surface area contributed by atoms with Crippen molar-refractivity contribution in [3.63, 3.8) is 0 Å². The Morgan fingerprint density at radius 3 is 2.89 bits per heavy atom. The number of methoxy groups -OCH3 is 1. The average Bonchev–Trinajstić information content (AvgIpc) is 3.15. The Bertz CT molecular complexity index is 602. The van der Waals surface area contributed by atoms with Gasteiger partial charge in [-0.15, -0.1) is 0 Å². The number of hydrogen-bond donors (Lipinski definition) is 1. The summed E-state index contributed by atoms with van der Waals surface area (Å²) in [6, 6.07) is 4.56. The number of aryl methyl sites for hydroxylation is 1. The first-order valence-corrected chi connectivity index (χ1v) is 7.00. The van der Waals surface area contributed by atoms with Crippen LogP contribution < -0.4 is 5.32 Å². The summed E-state index contributed by atoms with van der Waals surface area (Å²) in [6.45, 7) is 3.37. The first-order chi connectivity index (χ1) is 9.20. The van der Waals surface area contributed by atoms with Crippen LogP contribution in [0.5, 0.6) is 0 Å². The van der Waals surface area contributed by atoms with Gasteiger partial charge in [0.2, 0.25) is 0 Å². The van der Waals surface area contributed by atoms with Crippen molar-refractivity contribution < 1.29 is 9.15 Å². The molecule has 0 radical (unpaired) electrons. The number of nitrogens with one attached hydrogen (secondary N) is 1. The molecular formula is C15H18ClNO2. The lowest BCUT2D eigenvalue weighted by Gasteiger charge is -2.04. The van der Waals surface area contributed by atoms with Crippen LogP contribution in [0.15, 0.2) is 16.5 Å². The molecule has 3 rings (SSSR count). The zero-order valence-electron chi connectivity index (χ0n) is 11.3. The molecule has 0 amide bonds. The summed E-state index contributed by atoms with van der Waals surface area (Å²) in [7, 11) is 1.71. The lowest BCUT2D eigenvalue weighted by molar-refractivity contribution is 0.183. The van der Waals surface area contributed by atoms with Crippen LogP contribution in [-0.2, 0) is 17.9 Å². The van der Waals surface area contributed by atoms with Crippen LogP contribution in [-0.4, -0.2) is 13.2 Å². The Morgan fingerprint density at radius 1 is 1.42 bits per heavy atom. The first kappa shape index (κ1) is 13.0. The van der Waals surface area contributed by atoms with Crippen LogP contribution in [0, 0.1) is 6.92 Å². The summed E-state index contributed by atoms with van der Waals surface area (Å²) in [4.78, 5) is 0. The Balaban J connectivity index is 2.05. The zero-order valence-corrected chi connectivity index (χ0v) is 12.0. The summed E-state index contributed by atoms with van der Waals surface area (Å²) < 4.78 is 11.3. The first-order valence-electron chi connectivity index (χ1n) is 6.62. The van der Waals surface area contributed by atoms with Crippen LogP contribution in [0.1, 0.15) is 29.7 Å². The molecule has 1 heterocycles. The number of ether oxygens (including phenoxy) is 1. The fraction of sp³-hybridized carbons (Fsp3) is 0.467. The minimum absolute atomic E-state index is 0.551. The van der Waals surface area contributed by atoms with Crippen molar-refractivity contribution in [2.75, 3.05) is 7.11 Å². The Hall–Kier alpha value is -1.03. The molecule has 0 unspecified atom stereocenters. The zero-order chi connectivity index (χ0) is 13.4. The monoisotopic (exact) mass is 279 g/mol. The predicted molar refractivity (Wildman–Crippen MR) is 76.5 cm³/mol. The summed E-state index contributed by atoms with van der Waals surface area (Å²) in [6.07, 6.45) is 2.53. The van der Waals surface area contributed by atoms with Crippen LogP contribution in [0.4, 0.5) is 0 Å². The number of fused-ring (bicyclic) bond motifs is 1. The SMILES string of the molecule is COCc1c(CNC2CC2)oc2c(Cl)ccc(C)c12. The second kappa shape index (κ2) is 5.16. The van der Waals surface area contributed by atoms with Crippen LogP contribution in [0.3, 0.4) is 0 Å². The van der Waals surface area contributed by atoms with Crippen molar-refractivity contribution in [3.8, 4) is 0 Å². The van der Waals surface area contributed by atoms with Gasteiger partial charge in [0, 0.05) is 24.1 Å². The minimum Gasteiger partial charge on any atom is -0.458 e. The summed E-state index contributed by atoms with van der Waals surface area (Å²) in [5, 5.41) is 5.24. The van der Waals surface area contributed by atoms with Gasteiger partial charge in [0.25, 0.3) is 0 Å². The molecule has 1 saturated carbocycles. The molecule has 0 bridgehead atoms. The van der Waals surface area contributed by atoms with E-state index < -0.39 is 0 Å². The second-order valence-corrected chi connectivity index (χ2v) is 5.57. The Morgan fingerprint density at radius 2 is 2.21 bits per heavy atom. The van der Waals surface area contributed by atoms with E-state index in [1.165, 1.54) is 18.4 Å². The van der Waals surface area contributed by atoms with Crippen molar-refractivity contribution in [2.24, 2.45) is 0 Å². The molecule has 3 nitrogen and oxygen atoms in total. The maximum absolute atomic E-state index is 6.23. The van der Waals surface area contributed by atoms with Crippen molar-refractivity contribution in [2.45, 2.75) is 39.0 Å². The summed E-state index contributed by atoms with van der Waals surface area (Å²) in [5.74, 6) is 0.944. The minimum atomic E-state index is 0.551. The molecule has 19 heavy (non-hydrogen) atoms. The highest BCUT2D eigenvalue weighted by Gasteiger charge is 2.23. The highest BCUT2D eigenvalue weighted by Crippen LogP contribution is 2.34. The second-order valence-electron chi connectivity index (χ2n) is 5.16. The number of hydrogen-bond acceptors (Lipinski definition) is 3. The largest absolute Gasteiger partial charge is 0.458 e. The molecule has 4 heteroatoms. The van der Waals surface area contributed by atoms with Gasteiger partial charge in [-0.3, -0.25) is 0 Å². The lowest BCUT2D eigenvalue weighted by atomic mass is 10.1. The van der Waals surface area contributed by atoms with Crippen LogP contribution >= 0.6 is 11.6 Å². The highest BCUT2D eigenvalue weighted by atomic mass is 35.5. The fourth-order valence-electron chi connectivity index (χ4n) is 2.42. The van der Waals surface area contributed by atoms with Gasteiger partial charge in [-0.25, -0.2) is 0 Å². The van der Waals surface area contributed by atoms with Gasteiger partial charge in [-0.1, -0.05) is 17.7 Å². The maximum Gasteiger partial charge on any atom is 0.153 e. The molecule has 2 aromatic rings. The van der Waals surface area contributed by atoms with E-state index in [0.29, 0.717) is 17.7 Å². The van der Waals surface area contributed by atoms with Gasteiger partial charge in [0.1, 0.15) is 5.76 Å². The molecule has 0 aliphatic heterocycles. The van der Waals surface area contributed by atoms with Gasteiger partial charge < -0.3 is 14.5 Å². The normalized spacial score (nSPS) is 15.3. The molecule has 0 spiro atoms. The topological polar surface area (TPSA) is 34.4 Å². The third-order valence-corrected chi connectivity index (χ3v) is 3.90. The number of furan rings is 1. The Kier molecular flexibility index (Phi) is 3.52. The van der Waals surface area contributed by atoms with E-state index in [2.05, 4.69) is 12.2 Å². The van der Waals surface area contributed by atoms with E-state index in [1.807, 2.05) is 12.1 Å². The van der Waals surface area contributed by atoms with Gasteiger partial charge in [0.05, 0.1) is 18.2 Å². The number of halogens is 1. The lowest BCUT2D eigenvalue weighted by Crippen LogP contribution is -2.15. The predicted octanol–water partition coefficient (Wildman–Crippen LogP) is 3.79. The molecular weight excluding hydrogens is 262 g/mol. The van der Waals surface area contributed by atoms with E-state index in [1.54, 1.807) is 7.11 Å². The van der Waals surface area contributed by atoms with Gasteiger partial charge in [-0.05, 0) is 31.4 Å². The van der Waals surface area contributed by atoms with E-state index in [-0.39, 0.29) is 0 Å². The molecule has 102 valence electrons. The third kappa shape index (κ3) is 2.50. The van der Waals surface area contributed by atoms with Gasteiger partial charge in [-0.2, -0.15) is 0 Å². The molecule has 1 fully saturated rings. The van der Waals surface area contributed by atoms with E-state index >= 15 is 0 Å². The van der Waals surface area contributed by atoms with E-state index in [0.717, 1.165) is 28.8 Å². The summed E-state index contributed by atoms with van der Waals surface area (Å²) >= 11 is 6.23. The van der Waals surface area contributed by atoms with Crippen LogP contribution in [0.2, 0.25) is 5.02 Å². The molecule has 0 atom stereocenters. The molecule has 1 N–H and O–H groups in total. The smallest absolute Gasteiger partial charge is 0.153 e. The molecule has 1 aromatic carbocycles. The summed E-state index contributed by atoms with van der Waals surface area (Å²) in [5.41, 5.74) is 3.07. The molecule has 1 aliphatic carbocycles. The van der Waals surface area contributed by atoms with E-state index in [4.69, 9.17) is 20.8 Å². The van der Waals surface area contributed by atoms with E-state index in [9.17, 15) is 0 Å². The highest BCUT2D eigenvalue weighted by molar-refractivity contribution is 6.35. The molecule has 1 aromatic heterocycles. The fourth-order valence-corrected chi connectivity index (χ4v) is 2.62. The van der Waals surface area contributed by atoms with Crippen molar-refractivity contribution >= 4 is 22.6 Å². The van der Waals surface area contributed by atoms with Gasteiger partial charge in [0.15, 0.2) is 5.58 Å². The van der Waals surface area contributed by atoms with Crippen molar-refractivity contribution in [1.29, 1.82) is 0 Å². The number of benzene rings is 1. The maximum atomic E-state index is 6.23. The standard InChI is InChI=1S/C15H18ClNO2/c1-9-3-6-12(16)15-14(9)11(8-18-2)13(19-15)7-17-10-4-5-10/h3,6,10,17H,4-5,7-8H2,1-2H3.